The molecule has 1 aromatic heterocycles. The first-order valence-electron chi connectivity index (χ1n) is 19.2. The molecule has 3 amide bonds. The fourth-order valence-electron chi connectivity index (χ4n) is 8.19. The molecule has 1 fully saturated rings. The van der Waals surface area contributed by atoms with Crippen LogP contribution in [0.15, 0.2) is 97.1 Å². The lowest BCUT2D eigenvalue weighted by Crippen LogP contribution is -2.52. The maximum atomic E-state index is 15.3. The molecule has 0 bridgehead atoms. The second kappa shape index (κ2) is 16.0. The summed E-state index contributed by atoms with van der Waals surface area (Å²) in [5, 5.41) is 0.358. The van der Waals surface area contributed by atoms with E-state index in [2.05, 4.69) is 29.2 Å². The van der Waals surface area contributed by atoms with E-state index < -0.39 is 6.09 Å². The second-order valence-corrected chi connectivity index (χ2v) is 15.3. The molecule has 0 unspecified atom stereocenters. The van der Waals surface area contributed by atoms with Crippen molar-refractivity contribution < 1.29 is 23.9 Å². The molecule has 56 heavy (non-hydrogen) atoms. The predicted octanol–water partition coefficient (Wildman–Crippen LogP) is 7.39. The van der Waals surface area contributed by atoms with E-state index in [0.717, 1.165) is 65.4 Å². The lowest BCUT2D eigenvalue weighted by atomic mass is 9.89. The monoisotopic (exact) mass is 771 g/mol. The van der Waals surface area contributed by atoms with Gasteiger partial charge in [0, 0.05) is 87.6 Å². The van der Waals surface area contributed by atoms with Crippen LogP contribution in [0, 0.1) is 6.92 Å². The van der Waals surface area contributed by atoms with Gasteiger partial charge in [0.25, 0.3) is 11.8 Å². The molecule has 11 heteroatoms. The average Bonchev–Trinajstić information content (AvgIpc) is 3.53. The Labute approximate surface area is 332 Å². The number of ether oxygens (including phenoxy) is 2. The molecule has 0 saturated carbocycles. The summed E-state index contributed by atoms with van der Waals surface area (Å²) in [4.78, 5) is 50.6. The van der Waals surface area contributed by atoms with Crippen molar-refractivity contribution in [3.63, 3.8) is 0 Å². The van der Waals surface area contributed by atoms with Crippen molar-refractivity contribution in [2.75, 3.05) is 51.3 Å². The van der Waals surface area contributed by atoms with Gasteiger partial charge >= 0.3 is 6.09 Å². The van der Waals surface area contributed by atoms with Crippen LogP contribution in [-0.2, 0) is 37.7 Å². The smallest absolute Gasteiger partial charge is 0.409 e. The fraction of sp³-hybridized carbons (Fsp3) is 0.311. The number of benzene rings is 4. The van der Waals surface area contributed by atoms with Crippen LogP contribution >= 0.6 is 11.6 Å². The number of para-hydroxylation sites is 2. The van der Waals surface area contributed by atoms with Crippen LogP contribution in [-0.4, -0.2) is 89.7 Å². The third kappa shape index (κ3) is 7.44. The van der Waals surface area contributed by atoms with Crippen molar-refractivity contribution in [2.24, 2.45) is 7.05 Å². The minimum Gasteiger partial charge on any atom is -0.409 e. The topological polar surface area (TPSA) is 87.6 Å². The van der Waals surface area contributed by atoms with Crippen molar-refractivity contribution in [3.05, 3.63) is 141 Å². The molecule has 0 N–H and O–H groups in total. The molecular weight excluding hydrogens is 726 g/mol. The first-order valence-corrected chi connectivity index (χ1v) is 19.6. The Kier molecular flexibility index (Phi) is 10.7. The van der Waals surface area contributed by atoms with E-state index in [4.69, 9.17) is 21.1 Å². The van der Waals surface area contributed by atoms with Gasteiger partial charge in [-0.1, -0.05) is 66.2 Å². The van der Waals surface area contributed by atoms with Gasteiger partial charge in [0.05, 0.1) is 23.8 Å². The molecule has 1 saturated heterocycles. The van der Waals surface area contributed by atoms with Crippen molar-refractivity contribution in [3.8, 4) is 17.0 Å². The number of nitrogens with zero attached hydrogens (tertiary/aromatic N) is 5. The molecule has 4 heterocycles. The Morgan fingerprint density at radius 2 is 1.54 bits per heavy atom. The molecule has 0 radical (unpaired) electrons. The molecule has 5 aromatic rings. The first kappa shape index (κ1) is 37.5. The fourth-order valence-corrected chi connectivity index (χ4v) is 8.36. The van der Waals surface area contributed by atoms with Gasteiger partial charge < -0.3 is 28.7 Å². The van der Waals surface area contributed by atoms with Crippen molar-refractivity contribution in [1.82, 2.24) is 19.3 Å². The molecule has 288 valence electrons. The standard InChI is InChI=1S/C45H46ClN5O5/c1-30-37(43(52)48(3)35-13-5-4-6-14-35)26-41(47(30)2)38-24-32-17-18-50(45(54)56-42-16-10-9-15-40(42)46)27-34(32)25-39(38)44(53)51-28-33-12-8-7-11-31(33)23-36(51)29-49-19-21-55-22-20-49/h4-16,24-26,36H,17-23,27-29H2,1-3H3/t36-/m0/s1. The zero-order valence-corrected chi connectivity index (χ0v) is 32.8. The van der Waals surface area contributed by atoms with E-state index in [1.54, 1.807) is 41.1 Å². The number of fused-ring (bicyclic) bond motifs is 2. The Morgan fingerprint density at radius 3 is 2.30 bits per heavy atom. The van der Waals surface area contributed by atoms with Gasteiger partial charge in [-0.2, -0.15) is 0 Å². The maximum absolute atomic E-state index is 15.3. The summed E-state index contributed by atoms with van der Waals surface area (Å²) in [6.07, 6.45) is 0.814. The van der Waals surface area contributed by atoms with Crippen molar-refractivity contribution in [2.45, 2.75) is 38.9 Å². The Bertz CT molecular complexity index is 2280. The summed E-state index contributed by atoms with van der Waals surface area (Å²) in [5.74, 6) is 0.0851. The highest BCUT2D eigenvalue weighted by Gasteiger charge is 2.35. The zero-order chi connectivity index (χ0) is 38.9. The van der Waals surface area contributed by atoms with Gasteiger partial charge in [0.15, 0.2) is 5.75 Å². The third-order valence-corrected chi connectivity index (χ3v) is 11.9. The number of amides is 3. The van der Waals surface area contributed by atoms with Crippen LogP contribution in [0.5, 0.6) is 5.75 Å². The molecule has 0 aliphatic carbocycles. The summed E-state index contributed by atoms with van der Waals surface area (Å²) in [6, 6.07) is 30.8. The van der Waals surface area contributed by atoms with Gasteiger partial charge in [-0.25, -0.2) is 4.79 Å². The quantitative estimate of drug-likeness (QED) is 0.172. The molecular formula is C45H46ClN5O5. The molecule has 8 rings (SSSR count). The molecule has 4 aromatic carbocycles. The lowest BCUT2D eigenvalue weighted by Gasteiger charge is -2.41. The van der Waals surface area contributed by atoms with Crippen LogP contribution in [0.1, 0.15) is 48.7 Å². The van der Waals surface area contributed by atoms with Crippen molar-refractivity contribution in [1.29, 1.82) is 0 Å². The lowest BCUT2D eigenvalue weighted by molar-refractivity contribution is 0.0193. The normalized spacial score (nSPS) is 16.9. The van der Waals surface area contributed by atoms with Gasteiger partial charge in [-0.3, -0.25) is 14.5 Å². The van der Waals surface area contributed by atoms with E-state index in [1.165, 1.54) is 5.56 Å². The average molecular weight is 772 g/mol. The second-order valence-electron chi connectivity index (χ2n) is 14.9. The van der Waals surface area contributed by atoms with Crippen LogP contribution < -0.4 is 9.64 Å². The SMILES string of the molecule is Cc1c(C(=O)N(C)c2ccccc2)cc(-c2cc3c(cc2C(=O)N2Cc4ccccc4C[C@H]2CN2CCOCC2)CN(C(=O)Oc2ccccc2Cl)CC3)n1C. The van der Waals surface area contributed by atoms with Gasteiger partial charge in [-0.15, -0.1) is 0 Å². The molecule has 1 atom stereocenters. The molecule has 3 aliphatic rings. The summed E-state index contributed by atoms with van der Waals surface area (Å²) >= 11 is 6.32. The maximum Gasteiger partial charge on any atom is 0.415 e. The highest BCUT2D eigenvalue weighted by molar-refractivity contribution is 6.32. The van der Waals surface area contributed by atoms with Crippen LogP contribution in [0.3, 0.4) is 0 Å². The van der Waals surface area contributed by atoms with Gasteiger partial charge in [0.2, 0.25) is 0 Å². The van der Waals surface area contributed by atoms with E-state index in [-0.39, 0.29) is 24.4 Å². The first-order chi connectivity index (χ1) is 27.2. The number of carbonyl (C=O) groups excluding carboxylic acids is 3. The minimum atomic E-state index is -0.498. The van der Waals surface area contributed by atoms with Crippen LogP contribution in [0.2, 0.25) is 5.02 Å². The van der Waals surface area contributed by atoms with Gasteiger partial charge in [0.1, 0.15) is 0 Å². The number of hydrogen-bond acceptors (Lipinski definition) is 6. The Hall–Kier alpha value is -5.42. The number of hydrogen-bond donors (Lipinski definition) is 0. The molecule has 0 spiro atoms. The Balaban J connectivity index is 1.19. The van der Waals surface area contributed by atoms with E-state index in [9.17, 15) is 9.59 Å². The summed E-state index contributed by atoms with van der Waals surface area (Å²) in [6.45, 7) is 6.86. The van der Waals surface area contributed by atoms with Crippen molar-refractivity contribution >= 4 is 35.2 Å². The third-order valence-electron chi connectivity index (χ3n) is 11.6. The predicted molar refractivity (Wildman–Crippen MR) is 217 cm³/mol. The molecule has 10 nitrogen and oxygen atoms in total. The largest absolute Gasteiger partial charge is 0.415 e. The van der Waals surface area contributed by atoms with Crippen LogP contribution in [0.4, 0.5) is 10.5 Å². The minimum absolute atomic E-state index is 0.0618. The number of morpholine rings is 1. The number of halogens is 1. The van der Waals surface area contributed by atoms with Crippen LogP contribution in [0.25, 0.3) is 11.3 Å². The number of carbonyl (C=O) groups is 3. The highest BCUT2D eigenvalue weighted by atomic mass is 35.5. The van der Waals surface area contributed by atoms with E-state index in [1.807, 2.05) is 72.0 Å². The number of anilines is 1. The summed E-state index contributed by atoms with van der Waals surface area (Å²) in [5.41, 5.74) is 8.56. The Morgan fingerprint density at radius 1 is 0.821 bits per heavy atom. The number of aromatic nitrogens is 1. The highest BCUT2D eigenvalue weighted by Crippen LogP contribution is 2.36. The zero-order valence-electron chi connectivity index (χ0n) is 32.0. The van der Waals surface area contributed by atoms with E-state index >= 15 is 4.79 Å². The van der Waals surface area contributed by atoms with E-state index in [0.29, 0.717) is 54.6 Å². The number of rotatable bonds is 7. The molecule has 3 aliphatic heterocycles. The summed E-state index contributed by atoms with van der Waals surface area (Å²) < 4.78 is 13.4. The van der Waals surface area contributed by atoms with Gasteiger partial charge in [-0.05, 0) is 84.5 Å². The summed E-state index contributed by atoms with van der Waals surface area (Å²) in [7, 11) is 3.73.